The molecule has 19 heavy (non-hydrogen) atoms. The van der Waals surface area contributed by atoms with Crippen LogP contribution in [0.1, 0.15) is 25.3 Å². The van der Waals surface area contributed by atoms with Crippen molar-refractivity contribution in [3.8, 4) is 5.69 Å². The van der Waals surface area contributed by atoms with Gasteiger partial charge in [-0.1, -0.05) is 32.0 Å². The minimum Gasteiger partial charge on any atom is -0.329 e. The summed E-state index contributed by atoms with van der Waals surface area (Å²) in [5.74, 6) is 0.449. The van der Waals surface area contributed by atoms with Crippen molar-refractivity contribution in [1.82, 2.24) is 14.5 Å². The largest absolute Gasteiger partial charge is 0.329 e. The number of aromatic nitrogens is 3. The van der Waals surface area contributed by atoms with Crippen LogP contribution in [0.25, 0.3) is 16.7 Å². The number of nitrogens with one attached hydrogen (secondary N) is 1. The number of imidazole rings is 1. The smallest absolute Gasteiger partial charge is 0.182 e. The second-order valence-electron chi connectivity index (χ2n) is 4.87. The van der Waals surface area contributed by atoms with Crippen LogP contribution in [0.4, 0.5) is 0 Å². The monoisotopic (exact) mass is 269 g/mol. The normalized spacial score (nSPS) is 11.3. The summed E-state index contributed by atoms with van der Waals surface area (Å²) >= 11 is 5.46. The molecule has 0 amide bonds. The van der Waals surface area contributed by atoms with Crippen molar-refractivity contribution in [1.29, 1.82) is 0 Å². The van der Waals surface area contributed by atoms with Crippen molar-refractivity contribution in [3.63, 3.8) is 0 Å². The van der Waals surface area contributed by atoms with Crippen molar-refractivity contribution >= 4 is 23.3 Å². The summed E-state index contributed by atoms with van der Waals surface area (Å²) in [6.07, 6.45) is 3.60. The molecular formula is C15H15N3S. The van der Waals surface area contributed by atoms with E-state index in [1.165, 1.54) is 5.56 Å². The van der Waals surface area contributed by atoms with Crippen molar-refractivity contribution in [2.45, 2.75) is 19.8 Å². The number of hydrogen-bond donors (Lipinski definition) is 1. The van der Waals surface area contributed by atoms with E-state index >= 15 is 0 Å². The molecule has 0 atom stereocenters. The SMILES string of the molecule is CC(C)c1ccccc1-n1c(=S)[nH]c2cnccc21. The molecule has 0 aliphatic rings. The van der Waals surface area contributed by atoms with E-state index in [2.05, 4.69) is 46.6 Å². The van der Waals surface area contributed by atoms with Crippen LogP contribution >= 0.6 is 12.2 Å². The van der Waals surface area contributed by atoms with Gasteiger partial charge in [-0.15, -0.1) is 0 Å². The molecule has 0 radical (unpaired) electrons. The molecule has 4 heteroatoms. The van der Waals surface area contributed by atoms with Crippen LogP contribution in [0, 0.1) is 4.77 Å². The number of para-hydroxylation sites is 1. The van der Waals surface area contributed by atoms with Gasteiger partial charge in [-0.25, -0.2) is 0 Å². The van der Waals surface area contributed by atoms with Gasteiger partial charge >= 0.3 is 0 Å². The van der Waals surface area contributed by atoms with Crippen molar-refractivity contribution < 1.29 is 0 Å². The van der Waals surface area contributed by atoms with Gasteiger partial charge in [0.25, 0.3) is 0 Å². The maximum absolute atomic E-state index is 5.46. The first-order valence-corrected chi connectivity index (χ1v) is 6.73. The molecule has 0 aliphatic carbocycles. The zero-order valence-electron chi connectivity index (χ0n) is 10.9. The maximum atomic E-state index is 5.46. The lowest BCUT2D eigenvalue weighted by Crippen LogP contribution is -2.01. The fourth-order valence-corrected chi connectivity index (χ4v) is 2.68. The van der Waals surface area contributed by atoms with Crippen LogP contribution in [0.2, 0.25) is 0 Å². The van der Waals surface area contributed by atoms with Crippen molar-refractivity contribution in [2.75, 3.05) is 0 Å². The van der Waals surface area contributed by atoms with Gasteiger partial charge in [0, 0.05) is 6.20 Å². The van der Waals surface area contributed by atoms with Crippen molar-refractivity contribution in [3.05, 3.63) is 53.1 Å². The number of H-pyrrole nitrogens is 1. The van der Waals surface area contributed by atoms with E-state index in [1.54, 1.807) is 12.4 Å². The predicted molar refractivity (Wildman–Crippen MR) is 80.3 cm³/mol. The number of benzene rings is 1. The lowest BCUT2D eigenvalue weighted by molar-refractivity contribution is 0.848. The predicted octanol–water partition coefficient (Wildman–Crippen LogP) is 4.21. The minimum atomic E-state index is 0.449. The lowest BCUT2D eigenvalue weighted by Gasteiger charge is -2.13. The van der Waals surface area contributed by atoms with Crippen LogP contribution < -0.4 is 0 Å². The van der Waals surface area contributed by atoms with E-state index < -0.39 is 0 Å². The molecule has 2 aromatic heterocycles. The molecule has 1 N–H and O–H groups in total. The Balaban J connectivity index is 2.37. The van der Waals surface area contributed by atoms with Crippen LogP contribution in [0.15, 0.2) is 42.7 Å². The zero-order chi connectivity index (χ0) is 13.4. The standard InChI is InChI=1S/C15H15N3S/c1-10(2)11-5-3-4-6-13(11)18-14-7-8-16-9-12(14)17-15(18)19/h3-10H,1-2H3,(H,17,19). The summed E-state index contributed by atoms with van der Waals surface area (Å²) in [6, 6.07) is 10.4. The second-order valence-corrected chi connectivity index (χ2v) is 5.26. The summed E-state index contributed by atoms with van der Waals surface area (Å²) in [4.78, 5) is 7.33. The van der Waals surface area contributed by atoms with E-state index in [0.29, 0.717) is 10.7 Å². The highest BCUT2D eigenvalue weighted by molar-refractivity contribution is 7.71. The molecule has 0 unspecified atom stereocenters. The lowest BCUT2D eigenvalue weighted by atomic mass is 10.0. The molecule has 0 aliphatic heterocycles. The van der Waals surface area contributed by atoms with Crippen LogP contribution in [-0.2, 0) is 0 Å². The maximum Gasteiger partial charge on any atom is 0.182 e. The summed E-state index contributed by atoms with van der Waals surface area (Å²) < 4.78 is 2.79. The molecule has 3 aromatic rings. The average Bonchev–Trinajstić information content (AvgIpc) is 2.74. The highest BCUT2D eigenvalue weighted by Gasteiger charge is 2.11. The molecule has 0 fully saturated rings. The van der Waals surface area contributed by atoms with E-state index in [-0.39, 0.29) is 0 Å². The van der Waals surface area contributed by atoms with Gasteiger partial charge < -0.3 is 4.98 Å². The Morgan fingerprint density at radius 3 is 2.79 bits per heavy atom. The third kappa shape index (κ3) is 1.98. The Kier molecular flexibility index (Phi) is 2.95. The molecule has 0 saturated carbocycles. The molecule has 96 valence electrons. The summed E-state index contributed by atoms with van der Waals surface area (Å²) in [6.45, 7) is 4.39. The molecule has 0 spiro atoms. The van der Waals surface area contributed by atoms with E-state index in [9.17, 15) is 0 Å². The zero-order valence-corrected chi connectivity index (χ0v) is 11.7. The van der Waals surface area contributed by atoms with Gasteiger partial charge in [-0.2, -0.15) is 0 Å². The molecule has 0 bridgehead atoms. The summed E-state index contributed by atoms with van der Waals surface area (Å²) in [5.41, 5.74) is 4.45. The molecule has 2 heterocycles. The van der Waals surface area contributed by atoms with Gasteiger partial charge in [0.15, 0.2) is 4.77 Å². The Hall–Kier alpha value is -1.94. The molecule has 3 nitrogen and oxygen atoms in total. The number of aromatic amines is 1. The number of pyridine rings is 1. The minimum absolute atomic E-state index is 0.449. The molecular weight excluding hydrogens is 254 g/mol. The van der Waals surface area contributed by atoms with Crippen LogP contribution in [0.3, 0.4) is 0 Å². The van der Waals surface area contributed by atoms with Crippen LogP contribution in [0.5, 0.6) is 0 Å². The van der Waals surface area contributed by atoms with Crippen LogP contribution in [-0.4, -0.2) is 14.5 Å². The Labute approximate surface area is 116 Å². The van der Waals surface area contributed by atoms with Gasteiger partial charge in [0.1, 0.15) is 0 Å². The first-order chi connectivity index (χ1) is 9.18. The molecule has 1 aromatic carbocycles. The number of hydrogen-bond acceptors (Lipinski definition) is 2. The number of fused-ring (bicyclic) bond motifs is 1. The molecule has 3 rings (SSSR count). The van der Waals surface area contributed by atoms with Gasteiger partial charge in [-0.3, -0.25) is 9.55 Å². The highest BCUT2D eigenvalue weighted by Crippen LogP contribution is 2.26. The number of rotatable bonds is 2. The van der Waals surface area contributed by atoms with E-state index in [4.69, 9.17) is 12.2 Å². The fraction of sp³-hybridized carbons (Fsp3) is 0.200. The quantitative estimate of drug-likeness (QED) is 0.707. The first kappa shape index (κ1) is 12.1. The van der Waals surface area contributed by atoms with Gasteiger partial charge in [0.2, 0.25) is 0 Å². The Bertz CT molecular complexity index is 783. The first-order valence-electron chi connectivity index (χ1n) is 6.32. The third-order valence-corrected chi connectivity index (χ3v) is 3.57. The highest BCUT2D eigenvalue weighted by atomic mass is 32.1. The summed E-state index contributed by atoms with van der Waals surface area (Å²) in [7, 11) is 0. The second kappa shape index (κ2) is 4.63. The van der Waals surface area contributed by atoms with Gasteiger partial charge in [0.05, 0.1) is 22.9 Å². The Morgan fingerprint density at radius 2 is 2.00 bits per heavy atom. The molecule has 0 saturated heterocycles. The van der Waals surface area contributed by atoms with Crippen molar-refractivity contribution in [2.24, 2.45) is 0 Å². The van der Waals surface area contributed by atoms with E-state index in [1.807, 2.05) is 12.1 Å². The van der Waals surface area contributed by atoms with E-state index in [0.717, 1.165) is 16.7 Å². The third-order valence-electron chi connectivity index (χ3n) is 3.28. The number of nitrogens with zero attached hydrogens (tertiary/aromatic N) is 2. The topological polar surface area (TPSA) is 33.6 Å². The fourth-order valence-electron chi connectivity index (χ4n) is 2.38. The van der Waals surface area contributed by atoms with Gasteiger partial charge in [-0.05, 0) is 35.8 Å². The average molecular weight is 269 g/mol. The summed E-state index contributed by atoms with van der Waals surface area (Å²) in [5, 5.41) is 0. The Morgan fingerprint density at radius 1 is 1.21 bits per heavy atom.